The first-order valence-electron chi connectivity index (χ1n) is 4.72. The number of hydrazine groups is 1. The summed E-state index contributed by atoms with van der Waals surface area (Å²) in [6.45, 7) is 0. The number of methoxy groups -OCH3 is 1. The molecule has 94 valence electrons. The highest BCUT2D eigenvalue weighted by Gasteiger charge is 2.38. The molecule has 0 saturated carbocycles. The molecular weight excluding hydrogens is 228 g/mol. The summed E-state index contributed by atoms with van der Waals surface area (Å²) in [5.74, 6) is 3.26. The number of benzene rings is 1. The topological polar surface area (TPSA) is 125 Å². The van der Waals surface area contributed by atoms with E-state index in [1.165, 1.54) is 25.3 Å². The molecule has 0 saturated heterocycles. The van der Waals surface area contributed by atoms with Crippen molar-refractivity contribution in [2.45, 2.75) is 12.1 Å². The monoisotopic (exact) mass is 242 g/mol. The second kappa shape index (κ2) is 5.00. The standard InChI is InChI=1S/C10H14N2O5/c1-17-10(12-11,9(15)16)5-6-2-3-7(13)8(14)4-6/h2-4,12-14H,5,11H2,1H3,(H,15,16). The third kappa shape index (κ3) is 2.64. The van der Waals surface area contributed by atoms with Crippen molar-refractivity contribution < 1.29 is 24.9 Å². The number of carboxylic acid groups (broad SMARTS) is 1. The van der Waals surface area contributed by atoms with Crippen LogP contribution >= 0.6 is 0 Å². The summed E-state index contributed by atoms with van der Waals surface area (Å²) in [4.78, 5) is 11.1. The zero-order chi connectivity index (χ0) is 13.1. The maximum atomic E-state index is 11.1. The molecule has 7 heteroatoms. The van der Waals surface area contributed by atoms with Gasteiger partial charge in [-0.3, -0.25) is 5.84 Å². The molecule has 17 heavy (non-hydrogen) atoms. The number of carboxylic acids is 1. The van der Waals surface area contributed by atoms with E-state index in [1.807, 2.05) is 0 Å². The lowest BCUT2D eigenvalue weighted by molar-refractivity contribution is -0.167. The van der Waals surface area contributed by atoms with Gasteiger partial charge in [-0.1, -0.05) is 6.07 Å². The van der Waals surface area contributed by atoms with Gasteiger partial charge in [0.15, 0.2) is 11.5 Å². The van der Waals surface area contributed by atoms with Gasteiger partial charge in [-0.15, -0.1) is 0 Å². The first kappa shape index (κ1) is 13.2. The third-order valence-corrected chi connectivity index (χ3v) is 2.42. The van der Waals surface area contributed by atoms with Crippen LogP contribution in [0, 0.1) is 0 Å². The molecule has 0 heterocycles. The minimum Gasteiger partial charge on any atom is -0.504 e. The lowest BCUT2D eigenvalue weighted by atomic mass is 10.0. The third-order valence-electron chi connectivity index (χ3n) is 2.42. The van der Waals surface area contributed by atoms with Crippen LogP contribution in [-0.4, -0.2) is 34.1 Å². The van der Waals surface area contributed by atoms with E-state index in [-0.39, 0.29) is 17.9 Å². The molecular formula is C10H14N2O5. The molecule has 0 aliphatic heterocycles. The fourth-order valence-electron chi connectivity index (χ4n) is 1.37. The van der Waals surface area contributed by atoms with Crippen molar-refractivity contribution in [1.29, 1.82) is 0 Å². The smallest absolute Gasteiger partial charge is 0.353 e. The van der Waals surface area contributed by atoms with Crippen LogP contribution < -0.4 is 11.3 Å². The van der Waals surface area contributed by atoms with Crippen molar-refractivity contribution in [1.82, 2.24) is 5.43 Å². The normalized spacial score (nSPS) is 14.2. The number of phenolic OH excluding ortho intramolecular Hbond substituents is 2. The summed E-state index contributed by atoms with van der Waals surface area (Å²) in [6, 6.07) is 3.95. The second-order valence-corrected chi connectivity index (χ2v) is 3.48. The van der Waals surface area contributed by atoms with E-state index in [0.29, 0.717) is 5.56 Å². The average molecular weight is 242 g/mol. The molecule has 0 radical (unpaired) electrons. The minimum absolute atomic E-state index is 0.108. The van der Waals surface area contributed by atoms with Crippen LogP contribution in [0.1, 0.15) is 5.56 Å². The zero-order valence-electron chi connectivity index (χ0n) is 9.17. The molecule has 1 aromatic carbocycles. The summed E-state index contributed by atoms with van der Waals surface area (Å²) < 4.78 is 4.84. The highest BCUT2D eigenvalue weighted by molar-refractivity contribution is 5.77. The van der Waals surface area contributed by atoms with Gasteiger partial charge in [0.1, 0.15) is 0 Å². The minimum atomic E-state index is -1.77. The molecule has 0 aromatic heterocycles. The van der Waals surface area contributed by atoms with Gasteiger partial charge in [0.2, 0.25) is 5.72 Å². The number of nitrogens with one attached hydrogen (secondary N) is 1. The van der Waals surface area contributed by atoms with Crippen LogP contribution in [0.25, 0.3) is 0 Å². The van der Waals surface area contributed by atoms with E-state index in [4.69, 9.17) is 20.8 Å². The summed E-state index contributed by atoms with van der Waals surface area (Å²) in [6.07, 6.45) is -0.108. The van der Waals surface area contributed by atoms with Crippen LogP contribution in [-0.2, 0) is 16.0 Å². The summed E-state index contributed by atoms with van der Waals surface area (Å²) in [5.41, 5.74) is 0.754. The van der Waals surface area contributed by atoms with Crippen molar-refractivity contribution in [3.63, 3.8) is 0 Å². The van der Waals surface area contributed by atoms with Gasteiger partial charge in [0.05, 0.1) is 0 Å². The van der Waals surface area contributed by atoms with Gasteiger partial charge >= 0.3 is 5.97 Å². The molecule has 0 spiro atoms. The van der Waals surface area contributed by atoms with Crippen molar-refractivity contribution in [3.05, 3.63) is 23.8 Å². The Morgan fingerprint density at radius 2 is 2.12 bits per heavy atom. The number of aliphatic carboxylic acids is 1. The average Bonchev–Trinajstić information content (AvgIpc) is 2.30. The van der Waals surface area contributed by atoms with Gasteiger partial charge in [0, 0.05) is 13.5 Å². The summed E-state index contributed by atoms with van der Waals surface area (Å²) >= 11 is 0. The molecule has 1 unspecified atom stereocenters. The molecule has 7 nitrogen and oxygen atoms in total. The van der Waals surface area contributed by atoms with E-state index in [2.05, 4.69) is 5.43 Å². The van der Waals surface area contributed by atoms with Gasteiger partial charge in [-0.2, -0.15) is 0 Å². The van der Waals surface area contributed by atoms with E-state index >= 15 is 0 Å². The van der Waals surface area contributed by atoms with Crippen LogP contribution in [0.15, 0.2) is 18.2 Å². The highest BCUT2D eigenvalue weighted by Crippen LogP contribution is 2.26. The highest BCUT2D eigenvalue weighted by atomic mass is 16.5. The van der Waals surface area contributed by atoms with Gasteiger partial charge in [-0.05, 0) is 17.7 Å². The number of aromatic hydroxyl groups is 2. The first-order chi connectivity index (χ1) is 7.95. The number of carbonyl (C=O) groups is 1. The van der Waals surface area contributed by atoms with Gasteiger partial charge in [-0.25, -0.2) is 10.2 Å². The summed E-state index contributed by atoms with van der Waals surface area (Å²) in [7, 11) is 1.20. The largest absolute Gasteiger partial charge is 0.504 e. The van der Waals surface area contributed by atoms with Crippen molar-refractivity contribution in [3.8, 4) is 11.5 Å². The zero-order valence-corrected chi connectivity index (χ0v) is 9.17. The maximum Gasteiger partial charge on any atom is 0.353 e. The molecule has 0 fully saturated rings. The Bertz CT molecular complexity index is 417. The first-order valence-corrected chi connectivity index (χ1v) is 4.72. The maximum absolute atomic E-state index is 11.1. The molecule has 0 bridgehead atoms. The van der Waals surface area contributed by atoms with E-state index in [0.717, 1.165) is 0 Å². The number of rotatable bonds is 5. The van der Waals surface area contributed by atoms with Crippen molar-refractivity contribution >= 4 is 5.97 Å². The van der Waals surface area contributed by atoms with Crippen molar-refractivity contribution in [2.24, 2.45) is 5.84 Å². The van der Waals surface area contributed by atoms with Crippen LogP contribution in [0.5, 0.6) is 11.5 Å². The number of nitrogens with two attached hydrogens (primary N) is 1. The Morgan fingerprint density at radius 1 is 1.47 bits per heavy atom. The number of hydrogen-bond donors (Lipinski definition) is 5. The lowest BCUT2D eigenvalue weighted by Crippen LogP contribution is -2.58. The number of ether oxygens (including phenoxy) is 1. The Hall–Kier alpha value is -1.83. The Morgan fingerprint density at radius 3 is 2.53 bits per heavy atom. The van der Waals surface area contributed by atoms with Crippen LogP contribution in [0.3, 0.4) is 0 Å². The number of hydrogen-bond acceptors (Lipinski definition) is 6. The lowest BCUT2D eigenvalue weighted by Gasteiger charge is -2.26. The van der Waals surface area contributed by atoms with E-state index < -0.39 is 11.7 Å². The summed E-state index contributed by atoms with van der Waals surface area (Å²) in [5, 5.41) is 27.4. The molecule has 1 rings (SSSR count). The van der Waals surface area contributed by atoms with Crippen LogP contribution in [0.4, 0.5) is 0 Å². The molecule has 1 atom stereocenters. The quantitative estimate of drug-likeness (QED) is 0.204. The van der Waals surface area contributed by atoms with E-state index in [1.54, 1.807) is 0 Å². The Labute approximate surface area is 97.4 Å². The van der Waals surface area contributed by atoms with E-state index in [9.17, 15) is 9.90 Å². The van der Waals surface area contributed by atoms with Crippen molar-refractivity contribution in [2.75, 3.05) is 7.11 Å². The van der Waals surface area contributed by atoms with Gasteiger partial charge in [0.25, 0.3) is 0 Å². The predicted molar refractivity (Wildman–Crippen MR) is 58.2 cm³/mol. The Balaban J connectivity index is 3.01. The molecule has 0 amide bonds. The Kier molecular flexibility index (Phi) is 3.89. The molecule has 6 N–H and O–H groups in total. The fraction of sp³-hybridized carbons (Fsp3) is 0.300. The predicted octanol–water partition coefficient (Wildman–Crippen LogP) is -0.469. The molecule has 0 aliphatic carbocycles. The van der Waals surface area contributed by atoms with Gasteiger partial charge < -0.3 is 20.1 Å². The molecule has 0 aliphatic rings. The second-order valence-electron chi connectivity index (χ2n) is 3.48. The molecule has 1 aromatic rings. The number of phenols is 2. The fourth-order valence-corrected chi connectivity index (χ4v) is 1.37. The van der Waals surface area contributed by atoms with Crippen LogP contribution in [0.2, 0.25) is 0 Å². The SMILES string of the molecule is COC(Cc1ccc(O)c(O)c1)(NN)C(=O)O.